The first-order valence-corrected chi connectivity index (χ1v) is 4.81. The molecular formula is C13H10N2O. The first-order valence-electron chi connectivity index (χ1n) is 4.81. The van der Waals surface area contributed by atoms with Crippen LogP contribution in [-0.4, -0.2) is 0 Å². The number of nitriles is 1. The van der Waals surface area contributed by atoms with Gasteiger partial charge in [-0.2, -0.15) is 5.26 Å². The molecule has 1 aromatic heterocycles. The minimum Gasteiger partial charge on any atom is -0.472 e. The third-order valence-electron chi connectivity index (χ3n) is 2.28. The summed E-state index contributed by atoms with van der Waals surface area (Å²) in [4.78, 5) is 0. The lowest BCUT2D eigenvalue weighted by molar-refractivity contribution is 0.566. The van der Waals surface area contributed by atoms with Crippen molar-refractivity contribution in [2.75, 3.05) is 0 Å². The first kappa shape index (κ1) is 10.1. The van der Waals surface area contributed by atoms with Gasteiger partial charge in [0.15, 0.2) is 0 Å². The molecule has 0 aliphatic rings. The van der Waals surface area contributed by atoms with Crippen molar-refractivity contribution in [1.82, 2.24) is 0 Å². The van der Waals surface area contributed by atoms with E-state index < -0.39 is 0 Å². The second kappa shape index (κ2) is 4.37. The molecule has 0 fully saturated rings. The summed E-state index contributed by atoms with van der Waals surface area (Å²) in [7, 11) is 0. The number of hydrogen-bond donors (Lipinski definition) is 1. The van der Waals surface area contributed by atoms with Crippen LogP contribution in [0, 0.1) is 11.3 Å². The first-order chi connectivity index (χ1) is 7.83. The summed E-state index contributed by atoms with van der Waals surface area (Å²) in [6, 6.07) is 13.2. The van der Waals surface area contributed by atoms with Crippen molar-refractivity contribution < 1.29 is 4.42 Å². The van der Waals surface area contributed by atoms with E-state index in [-0.39, 0.29) is 0 Å². The minimum atomic E-state index is 0.433. The van der Waals surface area contributed by atoms with Crippen molar-refractivity contribution in [2.45, 2.75) is 0 Å². The van der Waals surface area contributed by atoms with Gasteiger partial charge in [0.05, 0.1) is 23.8 Å². The van der Waals surface area contributed by atoms with Crippen molar-refractivity contribution >= 4 is 11.3 Å². The summed E-state index contributed by atoms with van der Waals surface area (Å²) in [6.07, 6.45) is 3.05. The maximum atomic E-state index is 9.13. The monoisotopic (exact) mass is 210 g/mol. The molecule has 0 aliphatic carbocycles. The fourth-order valence-corrected chi connectivity index (χ4v) is 1.45. The molecule has 1 aromatic carbocycles. The molecule has 3 nitrogen and oxygen atoms in total. The van der Waals surface area contributed by atoms with Crippen LogP contribution in [0.3, 0.4) is 0 Å². The molecule has 0 spiro atoms. The number of hydrogen-bond acceptors (Lipinski definition) is 3. The van der Waals surface area contributed by atoms with Crippen molar-refractivity contribution in [1.29, 1.82) is 5.26 Å². The Balaban J connectivity index is 2.52. The fraction of sp³-hybridized carbons (Fsp3) is 0. The molecular weight excluding hydrogens is 200 g/mol. The highest BCUT2D eigenvalue weighted by Crippen LogP contribution is 2.21. The molecule has 2 aromatic rings. The summed E-state index contributed by atoms with van der Waals surface area (Å²) >= 11 is 0. The molecule has 0 bridgehead atoms. The standard InChI is InChI=1S/C13H10N2O/c14-8-12(10-4-2-1-3-5-10)13(15)11-6-7-16-9-11/h1-7,9H,15H2/b13-12-. The summed E-state index contributed by atoms with van der Waals surface area (Å²) in [5.41, 5.74) is 8.35. The van der Waals surface area contributed by atoms with Gasteiger partial charge in [-0.15, -0.1) is 0 Å². The zero-order valence-corrected chi connectivity index (χ0v) is 8.55. The van der Waals surface area contributed by atoms with Gasteiger partial charge in [-0.1, -0.05) is 30.3 Å². The second-order valence-electron chi connectivity index (χ2n) is 3.28. The van der Waals surface area contributed by atoms with Gasteiger partial charge in [0.25, 0.3) is 0 Å². The van der Waals surface area contributed by atoms with Gasteiger partial charge in [-0.3, -0.25) is 0 Å². The van der Waals surface area contributed by atoms with Crippen molar-refractivity contribution in [3.05, 3.63) is 60.1 Å². The van der Waals surface area contributed by atoms with Crippen LogP contribution in [0.2, 0.25) is 0 Å². The number of benzene rings is 1. The molecule has 16 heavy (non-hydrogen) atoms. The summed E-state index contributed by atoms with van der Waals surface area (Å²) < 4.78 is 4.94. The van der Waals surface area contributed by atoms with Gasteiger partial charge in [-0.25, -0.2) is 0 Å². The molecule has 0 radical (unpaired) electrons. The van der Waals surface area contributed by atoms with E-state index in [2.05, 4.69) is 6.07 Å². The fourth-order valence-electron chi connectivity index (χ4n) is 1.45. The van der Waals surface area contributed by atoms with E-state index in [0.29, 0.717) is 11.3 Å². The molecule has 0 amide bonds. The Morgan fingerprint density at radius 1 is 1.12 bits per heavy atom. The second-order valence-corrected chi connectivity index (χ2v) is 3.28. The SMILES string of the molecule is N#C/C(=C(/N)c1ccoc1)c1ccccc1. The average molecular weight is 210 g/mol. The Morgan fingerprint density at radius 2 is 1.88 bits per heavy atom. The number of allylic oxidation sites excluding steroid dienone is 1. The summed E-state index contributed by atoms with van der Waals surface area (Å²) in [5, 5.41) is 9.13. The van der Waals surface area contributed by atoms with Crippen LogP contribution in [0.15, 0.2) is 53.3 Å². The van der Waals surface area contributed by atoms with Crippen LogP contribution in [0.1, 0.15) is 11.1 Å². The highest BCUT2D eigenvalue weighted by molar-refractivity contribution is 5.95. The smallest absolute Gasteiger partial charge is 0.102 e. The maximum Gasteiger partial charge on any atom is 0.102 e. The maximum absolute atomic E-state index is 9.13. The van der Waals surface area contributed by atoms with Crippen LogP contribution in [-0.2, 0) is 0 Å². The molecule has 1 heterocycles. The quantitative estimate of drug-likeness (QED) is 0.775. The zero-order valence-electron chi connectivity index (χ0n) is 8.55. The van der Waals surface area contributed by atoms with Crippen LogP contribution >= 0.6 is 0 Å². The minimum absolute atomic E-state index is 0.433. The Bertz CT molecular complexity index is 533. The van der Waals surface area contributed by atoms with Gasteiger partial charge < -0.3 is 10.2 Å². The van der Waals surface area contributed by atoms with E-state index in [9.17, 15) is 0 Å². The average Bonchev–Trinajstić information content (AvgIpc) is 2.85. The highest BCUT2D eigenvalue weighted by atomic mass is 16.3. The van der Waals surface area contributed by atoms with Gasteiger partial charge in [0.2, 0.25) is 0 Å². The molecule has 0 saturated carbocycles. The van der Waals surface area contributed by atoms with E-state index in [1.165, 1.54) is 12.5 Å². The predicted molar refractivity (Wildman–Crippen MR) is 61.8 cm³/mol. The lowest BCUT2D eigenvalue weighted by Crippen LogP contribution is -1.99. The van der Waals surface area contributed by atoms with Gasteiger partial charge in [0.1, 0.15) is 6.07 Å². The largest absolute Gasteiger partial charge is 0.472 e. The third kappa shape index (κ3) is 1.82. The Morgan fingerprint density at radius 3 is 2.44 bits per heavy atom. The molecule has 3 heteroatoms. The Labute approximate surface area is 93.4 Å². The van der Waals surface area contributed by atoms with Gasteiger partial charge in [-0.05, 0) is 11.6 Å². The summed E-state index contributed by atoms with van der Waals surface area (Å²) in [6.45, 7) is 0. The molecule has 0 saturated heterocycles. The van der Waals surface area contributed by atoms with Crippen LogP contribution < -0.4 is 5.73 Å². The van der Waals surface area contributed by atoms with Crippen molar-refractivity contribution in [3.63, 3.8) is 0 Å². The third-order valence-corrected chi connectivity index (χ3v) is 2.28. The molecule has 0 atom stereocenters. The lowest BCUT2D eigenvalue weighted by Gasteiger charge is -2.03. The number of rotatable bonds is 2. The van der Waals surface area contributed by atoms with Crippen LogP contribution in [0.4, 0.5) is 0 Å². The predicted octanol–water partition coefficient (Wildman–Crippen LogP) is 2.63. The van der Waals surface area contributed by atoms with E-state index in [4.69, 9.17) is 15.4 Å². The molecule has 78 valence electrons. The molecule has 2 rings (SSSR count). The van der Waals surface area contributed by atoms with Crippen LogP contribution in [0.25, 0.3) is 11.3 Å². The van der Waals surface area contributed by atoms with Crippen molar-refractivity contribution in [2.24, 2.45) is 5.73 Å². The number of nitrogens with zero attached hydrogens (tertiary/aromatic N) is 1. The Hall–Kier alpha value is -2.47. The van der Waals surface area contributed by atoms with Gasteiger partial charge >= 0.3 is 0 Å². The molecule has 0 unspecified atom stereocenters. The molecule has 2 N–H and O–H groups in total. The summed E-state index contributed by atoms with van der Waals surface area (Å²) in [5.74, 6) is 0. The molecule has 0 aliphatic heterocycles. The lowest BCUT2D eigenvalue weighted by atomic mass is 10.0. The zero-order chi connectivity index (χ0) is 11.4. The van der Waals surface area contributed by atoms with Crippen molar-refractivity contribution in [3.8, 4) is 6.07 Å². The number of nitrogens with two attached hydrogens (primary N) is 1. The Kier molecular flexibility index (Phi) is 2.75. The number of furan rings is 1. The highest BCUT2D eigenvalue weighted by Gasteiger charge is 2.08. The van der Waals surface area contributed by atoms with Gasteiger partial charge in [0, 0.05) is 5.56 Å². The topological polar surface area (TPSA) is 63.0 Å². The van der Waals surface area contributed by atoms with E-state index >= 15 is 0 Å². The van der Waals surface area contributed by atoms with E-state index in [0.717, 1.165) is 11.1 Å². The van der Waals surface area contributed by atoms with E-state index in [1.807, 2.05) is 30.3 Å². The van der Waals surface area contributed by atoms with E-state index in [1.54, 1.807) is 6.07 Å². The van der Waals surface area contributed by atoms with Crippen LogP contribution in [0.5, 0.6) is 0 Å². The normalized spacial score (nSPS) is 11.7.